The maximum absolute atomic E-state index is 13.9. The van der Waals surface area contributed by atoms with E-state index >= 15 is 0 Å². The van der Waals surface area contributed by atoms with Crippen molar-refractivity contribution in [2.45, 2.75) is 55.6 Å². The van der Waals surface area contributed by atoms with Crippen molar-refractivity contribution in [3.05, 3.63) is 60.3 Å². The Kier molecular flexibility index (Phi) is 5.05. The molecule has 5 nitrogen and oxygen atoms in total. The van der Waals surface area contributed by atoms with Crippen LogP contribution in [0, 0.1) is 0 Å². The number of anilines is 1. The Labute approximate surface area is 186 Å². The zero-order chi connectivity index (χ0) is 21.6. The molecule has 1 aliphatic heterocycles. The molecule has 6 heteroatoms. The molecule has 2 amide bonds. The lowest BCUT2D eigenvalue weighted by molar-refractivity contribution is -0.127. The van der Waals surface area contributed by atoms with Crippen molar-refractivity contribution in [2.24, 2.45) is 0 Å². The number of carbonyl (C=O) groups is 2. The maximum Gasteiger partial charge on any atom is 0.275 e. The van der Waals surface area contributed by atoms with Gasteiger partial charge in [0.1, 0.15) is 11.2 Å². The Morgan fingerprint density at radius 1 is 1.10 bits per heavy atom. The third kappa shape index (κ3) is 3.33. The van der Waals surface area contributed by atoms with E-state index in [4.69, 9.17) is 0 Å². The molecule has 0 bridgehead atoms. The number of para-hydroxylation sites is 1. The van der Waals surface area contributed by atoms with Gasteiger partial charge in [-0.25, -0.2) is 0 Å². The van der Waals surface area contributed by atoms with E-state index in [1.807, 2.05) is 72.3 Å². The van der Waals surface area contributed by atoms with Crippen LogP contribution in [0.1, 0.15) is 43.1 Å². The first-order chi connectivity index (χ1) is 15.0. The van der Waals surface area contributed by atoms with Crippen LogP contribution in [0.5, 0.6) is 0 Å². The molecule has 31 heavy (non-hydrogen) atoms. The third-order valence-electron chi connectivity index (χ3n) is 6.68. The highest BCUT2D eigenvalue weighted by Gasteiger charge is 2.49. The van der Waals surface area contributed by atoms with Gasteiger partial charge in [-0.1, -0.05) is 37.1 Å². The Balaban J connectivity index is 1.64. The van der Waals surface area contributed by atoms with Gasteiger partial charge in [0, 0.05) is 27.5 Å². The summed E-state index contributed by atoms with van der Waals surface area (Å²) in [7, 11) is 0. The lowest BCUT2D eigenvalue weighted by Gasteiger charge is -2.44. The van der Waals surface area contributed by atoms with Crippen LogP contribution in [0.2, 0.25) is 0 Å². The Morgan fingerprint density at radius 3 is 2.65 bits per heavy atom. The summed E-state index contributed by atoms with van der Waals surface area (Å²) < 4.78 is 2.01. The van der Waals surface area contributed by atoms with Crippen molar-refractivity contribution in [1.29, 1.82) is 0 Å². The van der Waals surface area contributed by atoms with Crippen molar-refractivity contribution < 1.29 is 9.59 Å². The van der Waals surface area contributed by atoms with Gasteiger partial charge in [0.05, 0.1) is 6.54 Å². The van der Waals surface area contributed by atoms with E-state index in [9.17, 15) is 9.59 Å². The quantitative estimate of drug-likeness (QED) is 0.599. The lowest BCUT2D eigenvalue weighted by Crippen LogP contribution is -2.65. The van der Waals surface area contributed by atoms with Crippen LogP contribution in [0.3, 0.4) is 0 Å². The zero-order valence-corrected chi connectivity index (χ0v) is 18.7. The van der Waals surface area contributed by atoms with E-state index in [0.29, 0.717) is 12.2 Å². The number of nitrogens with zero attached hydrogens (tertiary/aromatic N) is 2. The smallest absolute Gasteiger partial charge is 0.275 e. The number of thioether (sulfide) groups is 1. The molecular weight excluding hydrogens is 406 g/mol. The van der Waals surface area contributed by atoms with Crippen molar-refractivity contribution in [3.63, 3.8) is 0 Å². The van der Waals surface area contributed by atoms with Gasteiger partial charge in [-0.05, 0) is 56.4 Å². The topological polar surface area (TPSA) is 54.3 Å². The molecule has 0 unspecified atom stereocenters. The molecule has 5 rings (SSSR count). The van der Waals surface area contributed by atoms with Gasteiger partial charge in [-0.3, -0.25) is 14.5 Å². The first-order valence-electron chi connectivity index (χ1n) is 10.9. The summed E-state index contributed by atoms with van der Waals surface area (Å²) in [5.41, 5.74) is 1.36. The minimum atomic E-state index is -1.02. The van der Waals surface area contributed by atoms with Gasteiger partial charge in [0.15, 0.2) is 0 Å². The highest BCUT2D eigenvalue weighted by Crippen LogP contribution is 2.37. The summed E-state index contributed by atoms with van der Waals surface area (Å²) >= 11 is 1.63. The predicted octanol–water partition coefficient (Wildman–Crippen LogP) is 4.84. The number of nitrogens with one attached hydrogen (secondary N) is 1. The number of amides is 2. The van der Waals surface area contributed by atoms with Crippen LogP contribution in [0.15, 0.2) is 59.5 Å². The second-order valence-corrected chi connectivity index (χ2v) is 9.62. The van der Waals surface area contributed by atoms with Crippen molar-refractivity contribution >= 4 is 40.2 Å². The summed E-state index contributed by atoms with van der Waals surface area (Å²) in [6.07, 6.45) is 6.32. The molecule has 1 aliphatic carbocycles. The monoisotopic (exact) mass is 433 g/mol. The molecule has 0 spiro atoms. The van der Waals surface area contributed by atoms with Crippen LogP contribution in [-0.2, 0) is 11.3 Å². The Bertz CT molecular complexity index is 1160. The first kappa shape index (κ1) is 20.2. The van der Waals surface area contributed by atoms with Crippen LogP contribution in [0.4, 0.5) is 5.69 Å². The zero-order valence-electron chi connectivity index (χ0n) is 17.9. The number of aromatic nitrogens is 1. The van der Waals surface area contributed by atoms with Gasteiger partial charge in [-0.15, -0.1) is 11.8 Å². The summed E-state index contributed by atoms with van der Waals surface area (Å²) in [4.78, 5) is 30.3. The maximum atomic E-state index is 13.9. The van der Waals surface area contributed by atoms with Crippen LogP contribution < -0.4 is 10.2 Å². The van der Waals surface area contributed by atoms with E-state index in [2.05, 4.69) is 5.32 Å². The molecule has 1 N–H and O–H groups in total. The Hall–Kier alpha value is -2.73. The second kappa shape index (κ2) is 7.75. The van der Waals surface area contributed by atoms with Gasteiger partial charge in [0.25, 0.3) is 5.91 Å². The van der Waals surface area contributed by atoms with Crippen molar-refractivity contribution in [2.75, 3.05) is 11.2 Å². The number of hydrogen-bond acceptors (Lipinski definition) is 3. The van der Waals surface area contributed by atoms with Crippen LogP contribution >= 0.6 is 11.8 Å². The van der Waals surface area contributed by atoms with E-state index in [0.717, 1.165) is 47.2 Å². The highest BCUT2D eigenvalue weighted by molar-refractivity contribution is 7.98. The fourth-order valence-corrected chi connectivity index (χ4v) is 5.46. The average Bonchev–Trinajstić information content (AvgIpc) is 3.42. The minimum Gasteiger partial charge on any atom is -0.351 e. The van der Waals surface area contributed by atoms with E-state index < -0.39 is 5.54 Å². The molecule has 2 aromatic carbocycles. The number of rotatable bonds is 4. The summed E-state index contributed by atoms with van der Waals surface area (Å²) in [5.74, 6) is -0.212. The number of fused-ring (bicyclic) bond motifs is 3. The first-order valence-corrected chi connectivity index (χ1v) is 12.1. The molecule has 160 valence electrons. The lowest BCUT2D eigenvalue weighted by atomic mass is 9.93. The molecule has 1 fully saturated rings. The largest absolute Gasteiger partial charge is 0.351 e. The SMILES string of the molecule is CSc1cccc(N2C(=O)c3cc4ccccc4n3C[C@@]2(C)C(=O)NC2CCCC2)c1. The van der Waals surface area contributed by atoms with E-state index in [1.54, 1.807) is 16.7 Å². The second-order valence-electron chi connectivity index (χ2n) is 8.75. The van der Waals surface area contributed by atoms with E-state index in [-0.39, 0.29) is 17.9 Å². The number of hydrogen-bond donors (Lipinski definition) is 1. The minimum absolute atomic E-state index is 0.0780. The molecule has 1 atom stereocenters. The standard InChI is InChI=1S/C25H27N3O2S/c1-25(24(30)26-18-9-4-5-10-18)16-27-21-13-6-3-8-17(21)14-22(27)23(29)28(25)19-11-7-12-20(15-19)31-2/h3,6-8,11-15,18H,4-5,9-10,16H2,1-2H3,(H,26,30)/t25-/m0/s1. The predicted molar refractivity (Wildman–Crippen MR) is 126 cm³/mol. The Morgan fingerprint density at radius 2 is 1.87 bits per heavy atom. The molecule has 1 aromatic heterocycles. The highest BCUT2D eigenvalue weighted by atomic mass is 32.2. The molecule has 2 heterocycles. The molecule has 3 aromatic rings. The van der Waals surface area contributed by atoms with Crippen LogP contribution in [-0.4, -0.2) is 34.2 Å². The molecule has 1 saturated carbocycles. The third-order valence-corrected chi connectivity index (χ3v) is 7.41. The molecule has 0 radical (unpaired) electrons. The van der Waals surface area contributed by atoms with Crippen molar-refractivity contribution in [1.82, 2.24) is 9.88 Å². The van der Waals surface area contributed by atoms with Gasteiger partial charge < -0.3 is 9.88 Å². The molecule has 2 aliphatic rings. The number of benzene rings is 2. The fourth-order valence-electron chi connectivity index (χ4n) is 5.01. The fraction of sp³-hybridized carbons (Fsp3) is 0.360. The summed E-state index contributed by atoms with van der Waals surface area (Å²) in [6.45, 7) is 2.32. The van der Waals surface area contributed by atoms with Gasteiger partial charge >= 0.3 is 0 Å². The average molecular weight is 434 g/mol. The summed E-state index contributed by atoms with van der Waals surface area (Å²) in [5, 5.41) is 4.28. The van der Waals surface area contributed by atoms with Gasteiger partial charge in [0.2, 0.25) is 5.91 Å². The normalized spacial score (nSPS) is 21.5. The molecular formula is C25H27N3O2S. The number of carbonyl (C=O) groups excluding carboxylic acids is 2. The molecule has 0 saturated heterocycles. The van der Waals surface area contributed by atoms with E-state index in [1.165, 1.54) is 0 Å². The summed E-state index contributed by atoms with van der Waals surface area (Å²) in [6, 6.07) is 18.0. The van der Waals surface area contributed by atoms with Gasteiger partial charge in [-0.2, -0.15) is 0 Å². The van der Waals surface area contributed by atoms with Crippen molar-refractivity contribution in [3.8, 4) is 0 Å². The van der Waals surface area contributed by atoms with Crippen LogP contribution in [0.25, 0.3) is 10.9 Å².